The molecule has 1 fully saturated rings. The van der Waals surface area contributed by atoms with E-state index in [0.29, 0.717) is 11.3 Å². The Bertz CT molecular complexity index is 1120. The summed E-state index contributed by atoms with van der Waals surface area (Å²) >= 11 is 0. The lowest BCUT2D eigenvalue weighted by atomic mass is 9.99. The number of hydrogen-bond acceptors (Lipinski definition) is 13. The molecule has 5 unspecified atom stereocenters. The van der Waals surface area contributed by atoms with Crippen LogP contribution in [0.4, 0.5) is 11.4 Å². The summed E-state index contributed by atoms with van der Waals surface area (Å²) in [7, 11) is 0. The summed E-state index contributed by atoms with van der Waals surface area (Å²) in [5.74, 6) is -0.299. The third-order valence-electron chi connectivity index (χ3n) is 5.83. The van der Waals surface area contributed by atoms with E-state index in [1.54, 1.807) is 31.2 Å². The fraction of sp³-hybridized carbons (Fsp3) is 0.560. The largest absolute Gasteiger partial charge is 0.488 e. The third-order valence-corrected chi connectivity index (χ3v) is 5.83. The summed E-state index contributed by atoms with van der Waals surface area (Å²) in [5.41, 5.74) is -0.279. The van der Waals surface area contributed by atoms with Crippen LogP contribution in [0.1, 0.15) is 17.3 Å². The van der Waals surface area contributed by atoms with Gasteiger partial charge in [0.25, 0.3) is 16.8 Å². The van der Waals surface area contributed by atoms with Gasteiger partial charge >= 0.3 is 0 Å². The molecule has 1 saturated heterocycles. The zero-order valence-corrected chi connectivity index (χ0v) is 21.4. The maximum absolute atomic E-state index is 12.3. The molecule has 39 heavy (non-hydrogen) atoms. The Morgan fingerprint density at radius 3 is 2.26 bits per heavy atom. The number of ether oxygens (including phenoxy) is 5. The first-order chi connectivity index (χ1) is 18.8. The van der Waals surface area contributed by atoms with Gasteiger partial charge in [-0.3, -0.25) is 14.4 Å². The first-order valence-electron chi connectivity index (χ1n) is 12.5. The standard InChI is InChI=1S/C25H34N2O12/c1-2-37-23-17(19(30)21(23)32)27-15-5-3-14(4-6-15)24(34)26-7-8-35-9-10-36-11-12-38-25-22(33)20(31)18(29)16(13-28)39-25/h3-6,16,18,20,22,25,27-29,31,33H,2,7-13H2,1H3,(H,26,34). The van der Waals surface area contributed by atoms with Crippen LogP contribution in [0.25, 0.3) is 0 Å². The van der Waals surface area contributed by atoms with E-state index < -0.39 is 48.2 Å². The van der Waals surface area contributed by atoms with E-state index >= 15 is 0 Å². The van der Waals surface area contributed by atoms with Gasteiger partial charge in [0, 0.05) is 17.8 Å². The second-order valence-electron chi connectivity index (χ2n) is 8.55. The minimum absolute atomic E-state index is 0.0103. The molecule has 0 bridgehead atoms. The molecule has 1 amide bonds. The highest BCUT2D eigenvalue weighted by Gasteiger charge is 2.43. The average Bonchev–Trinajstić information content (AvgIpc) is 2.95. The molecule has 1 aliphatic rings. The second-order valence-corrected chi connectivity index (χ2v) is 8.55. The summed E-state index contributed by atoms with van der Waals surface area (Å²) < 4.78 is 26.4. The molecule has 14 heteroatoms. The number of nitrogens with one attached hydrogen (secondary N) is 2. The summed E-state index contributed by atoms with van der Waals surface area (Å²) in [5, 5.41) is 44.1. The van der Waals surface area contributed by atoms with Gasteiger partial charge in [-0.15, -0.1) is 0 Å². The molecule has 0 radical (unpaired) electrons. The van der Waals surface area contributed by atoms with Crippen molar-refractivity contribution in [1.82, 2.24) is 5.32 Å². The van der Waals surface area contributed by atoms with E-state index in [2.05, 4.69) is 10.6 Å². The van der Waals surface area contributed by atoms with Crippen molar-refractivity contribution in [3.8, 4) is 5.75 Å². The average molecular weight is 555 g/mol. The Morgan fingerprint density at radius 2 is 1.59 bits per heavy atom. The number of carbonyl (C=O) groups is 1. The monoisotopic (exact) mass is 554 g/mol. The van der Waals surface area contributed by atoms with Gasteiger partial charge < -0.3 is 54.7 Å². The maximum atomic E-state index is 12.3. The highest BCUT2D eigenvalue weighted by atomic mass is 16.7. The number of carbonyl (C=O) groups excluding carboxylic acids is 1. The maximum Gasteiger partial charge on any atom is 0.272 e. The minimum atomic E-state index is -1.50. The van der Waals surface area contributed by atoms with Gasteiger partial charge in [0.15, 0.2) is 12.0 Å². The van der Waals surface area contributed by atoms with Gasteiger partial charge in [-0.25, -0.2) is 0 Å². The molecule has 2 aromatic carbocycles. The van der Waals surface area contributed by atoms with Crippen molar-refractivity contribution in [3.63, 3.8) is 0 Å². The molecule has 14 nitrogen and oxygen atoms in total. The van der Waals surface area contributed by atoms with Crippen LogP contribution < -0.4 is 26.2 Å². The molecular formula is C25H34N2O12. The molecule has 0 saturated carbocycles. The summed E-state index contributed by atoms with van der Waals surface area (Å²) in [6.07, 6.45) is -6.66. The van der Waals surface area contributed by atoms with Crippen LogP contribution in [0.15, 0.2) is 33.9 Å². The second kappa shape index (κ2) is 15.0. The van der Waals surface area contributed by atoms with Crippen LogP contribution in [-0.2, 0) is 18.9 Å². The molecular weight excluding hydrogens is 520 g/mol. The van der Waals surface area contributed by atoms with Gasteiger partial charge in [-0.05, 0) is 31.2 Å². The van der Waals surface area contributed by atoms with Crippen LogP contribution in [-0.4, -0.2) is 110 Å². The van der Waals surface area contributed by atoms with E-state index in [9.17, 15) is 29.7 Å². The van der Waals surface area contributed by atoms with Crippen LogP contribution in [0.2, 0.25) is 0 Å². The highest BCUT2D eigenvalue weighted by Crippen LogP contribution is 2.23. The first-order valence-corrected chi connectivity index (χ1v) is 12.5. The minimum Gasteiger partial charge on any atom is -0.488 e. The zero-order chi connectivity index (χ0) is 28.4. The molecule has 0 aliphatic carbocycles. The Kier molecular flexibility index (Phi) is 11.8. The van der Waals surface area contributed by atoms with E-state index in [1.807, 2.05) is 0 Å². The Labute approximate surface area is 223 Å². The number of benzene rings is 1. The number of anilines is 2. The van der Waals surface area contributed by atoms with Crippen LogP contribution >= 0.6 is 0 Å². The van der Waals surface area contributed by atoms with E-state index in [0.717, 1.165) is 0 Å². The van der Waals surface area contributed by atoms with Crippen molar-refractivity contribution < 1.29 is 48.9 Å². The summed E-state index contributed by atoms with van der Waals surface area (Å²) in [6, 6.07) is 6.36. The zero-order valence-electron chi connectivity index (χ0n) is 21.4. The van der Waals surface area contributed by atoms with Gasteiger partial charge in [-0.2, -0.15) is 0 Å². The van der Waals surface area contributed by atoms with E-state index in [-0.39, 0.29) is 63.5 Å². The number of aliphatic hydroxyl groups is 4. The van der Waals surface area contributed by atoms with Crippen molar-refractivity contribution in [2.24, 2.45) is 0 Å². The molecule has 3 rings (SSSR count). The SMILES string of the molecule is CCOc1c(Nc2ccc(C(=O)NCCOCCOCCOC3OC(CO)C(O)C(O)C3O)cc2)c(=O)c1=O. The predicted molar refractivity (Wildman–Crippen MR) is 136 cm³/mol. The Hall–Kier alpha value is -2.95. The molecule has 6 N–H and O–H groups in total. The fourth-order valence-corrected chi connectivity index (χ4v) is 3.70. The molecule has 5 atom stereocenters. The Morgan fingerprint density at radius 1 is 0.923 bits per heavy atom. The van der Waals surface area contributed by atoms with E-state index in [1.165, 1.54) is 0 Å². The van der Waals surface area contributed by atoms with Gasteiger partial charge in [0.05, 0.1) is 46.2 Å². The lowest BCUT2D eigenvalue weighted by Gasteiger charge is -2.39. The molecule has 0 aromatic heterocycles. The third kappa shape index (κ3) is 8.03. The lowest BCUT2D eigenvalue weighted by Crippen LogP contribution is -2.59. The van der Waals surface area contributed by atoms with E-state index in [4.69, 9.17) is 28.8 Å². The number of rotatable bonds is 16. The molecule has 1 aliphatic heterocycles. The number of hydrogen-bond donors (Lipinski definition) is 6. The van der Waals surface area contributed by atoms with Crippen LogP contribution in [0, 0.1) is 0 Å². The molecule has 0 spiro atoms. The smallest absolute Gasteiger partial charge is 0.272 e. The van der Waals surface area contributed by atoms with Crippen molar-refractivity contribution in [2.45, 2.75) is 37.6 Å². The van der Waals surface area contributed by atoms with Crippen molar-refractivity contribution in [2.75, 3.05) is 58.1 Å². The quantitative estimate of drug-likeness (QED) is 0.0984. The molecule has 1 heterocycles. The van der Waals surface area contributed by atoms with Crippen LogP contribution in [0.3, 0.4) is 0 Å². The summed E-state index contributed by atoms with van der Waals surface area (Å²) in [4.78, 5) is 35.6. The lowest BCUT2D eigenvalue weighted by molar-refractivity contribution is -0.302. The molecule has 2 aromatic rings. The molecule has 216 valence electrons. The fourth-order valence-electron chi connectivity index (χ4n) is 3.70. The van der Waals surface area contributed by atoms with Gasteiger partial charge in [-0.1, -0.05) is 0 Å². The first kappa shape index (κ1) is 30.6. The topological polar surface area (TPSA) is 202 Å². The van der Waals surface area contributed by atoms with Gasteiger partial charge in [0.2, 0.25) is 0 Å². The normalized spacial score (nSPS) is 23.1. The van der Waals surface area contributed by atoms with Gasteiger partial charge in [0.1, 0.15) is 30.1 Å². The van der Waals surface area contributed by atoms with Crippen LogP contribution in [0.5, 0.6) is 5.75 Å². The van der Waals surface area contributed by atoms with Crippen molar-refractivity contribution in [1.29, 1.82) is 0 Å². The number of aliphatic hydroxyl groups excluding tert-OH is 4. The van der Waals surface area contributed by atoms with Crippen molar-refractivity contribution in [3.05, 3.63) is 50.3 Å². The summed E-state index contributed by atoms with van der Waals surface area (Å²) in [6.45, 7) is 2.64. The van der Waals surface area contributed by atoms with Crippen molar-refractivity contribution >= 4 is 17.3 Å². The predicted octanol–water partition coefficient (Wildman–Crippen LogP) is -2.00. The Balaban J connectivity index is 1.24. The number of amides is 1. The highest BCUT2D eigenvalue weighted by molar-refractivity contribution is 5.94.